The minimum atomic E-state index is -1.18. The van der Waals surface area contributed by atoms with E-state index in [1.54, 1.807) is 11.9 Å². The van der Waals surface area contributed by atoms with Crippen LogP contribution in [0.3, 0.4) is 0 Å². The lowest BCUT2D eigenvalue weighted by molar-refractivity contribution is 0.0698. The highest BCUT2D eigenvalue weighted by Gasteiger charge is 2.16. The van der Waals surface area contributed by atoms with E-state index in [0.717, 1.165) is 16.1 Å². The molecule has 0 aliphatic heterocycles. The Bertz CT molecular complexity index is 691. The minimum absolute atomic E-state index is 0.0837. The number of nitrogens with zero attached hydrogens (tertiary/aromatic N) is 1. The Kier molecular flexibility index (Phi) is 4.47. The third-order valence-corrected chi connectivity index (χ3v) is 3.56. The average Bonchev–Trinajstić information content (AvgIpc) is 2.37. The molecular weight excluding hydrogens is 339 g/mol. The van der Waals surface area contributed by atoms with E-state index < -0.39 is 11.8 Å². The second-order valence-electron chi connectivity index (χ2n) is 4.68. The maximum atomic E-state index is 14.0. The van der Waals surface area contributed by atoms with Gasteiger partial charge in [-0.3, -0.25) is 0 Å². The monoisotopic (exact) mass is 352 g/mol. The molecular formula is C15H14BrFN2O2. The summed E-state index contributed by atoms with van der Waals surface area (Å²) in [5.41, 5.74) is 6.50. The quantitative estimate of drug-likeness (QED) is 0.826. The van der Waals surface area contributed by atoms with E-state index >= 15 is 0 Å². The molecule has 21 heavy (non-hydrogen) atoms. The van der Waals surface area contributed by atoms with E-state index in [1.807, 2.05) is 24.3 Å². The van der Waals surface area contributed by atoms with Gasteiger partial charge in [0.1, 0.15) is 5.82 Å². The molecule has 2 aromatic rings. The zero-order valence-corrected chi connectivity index (χ0v) is 12.9. The lowest BCUT2D eigenvalue weighted by Gasteiger charge is -2.21. The third kappa shape index (κ3) is 3.52. The van der Waals surface area contributed by atoms with Gasteiger partial charge in [-0.25, -0.2) is 9.18 Å². The molecule has 3 N–H and O–H groups in total. The van der Waals surface area contributed by atoms with E-state index in [0.29, 0.717) is 6.54 Å². The molecule has 2 rings (SSSR count). The maximum absolute atomic E-state index is 14.0. The minimum Gasteiger partial charge on any atom is -0.478 e. The second kappa shape index (κ2) is 6.13. The van der Waals surface area contributed by atoms with Gasteiger partial charge >= 0.3 is 5.97 Å². The zero-order chi connectivity index (χ0) is 15.6. The SMILES string of the molecule is CN(Cc1cccc(Br)c1)c1cc(C(=O)O)c(N)cc1F. The van der Waals surface area contributed by atoms with E-state index in [1.165, 1.54) is 6.07 Å². The van der Waals surface area contributed by atoms with Crippen molar-refractivity contribution in [2.45, 2.75) is 6.54 Å². The topological polar surface area (TPSA) is 66.6 Å². The lowest BCUT2D eigenvalue weighted by Crippen LogP contribution is -2.19. The normalized spacial score (nSPS) is 10.4. The third-order valence-electron chi connectivity index (χ3n) is 3.07. The molecule has 0 aliphatic rings. The highest BCUT2D eigenvalue weighted by molar-refractivity contribution is 9.10. The summed E-state index contributed by atoms with van der Waals surface area (Å²) < 4.78 is 14.9. The molecule has 0 fully saturated rings. The summed E-state index contributed by atoms with van der Waals surface area (Å²) in [6.45, 7) is 0.444. The van der Waals surface area contributed by atoms with Crippen LogP contribution in [-0.2, 0) is 6.54 Å². The maximum Gasteiger partial charge on any atom is 0.337 e. The van der Waals surface area contributed by atoms with Crippen LogP contribution in [0.25, 0.3) is 0 Å². The molecule has 0 aromatic heterocycles. The second-order valence-corrected chi connectivity index (χ2v) is 5.60. The van der Waals surface area contributed by atoms with Gasteiger partial charge in [-0.05, 0) is 29.8 Å². The smallest absolute Gasteiger partial charge is 0.337 e. The number of benzene rings is 2. The highest BCUT2D eigenvalue weighted by atomic mass is 79.9. The number of aromatic carboxylic acids is 1. The fourth-order valence-corrected chi connectivity index (χ4v) is 2.50. The van der Waals surface area contributed by atoms with Crippen molar-refractivity contribution in [2.24, 2.45) is 0 Å². The number of carboxylic acid groups (broad SMARTS) is 1. The molecule has 0 saturated carbocycles. The summed E-state index contributed by atoms with van der Waals surface area (Å²) in [5.74, 6) is -1.72. The van der Waals surface area contributed by atoms with Gasteiger partial charge < -0.3 is 15.7 Å². The summed E-state index contributed by atoms with van der Waals surface area (Å²) in [6, 6.07) is 9.91. The molecule has 0 atom stereocenters. The largest absolute Gasteiger partial charge is 0.478 e. The molecule has 0 saturated heterocycles. The van der Waals surface area contributed by atoms with Gasteiger partial charge in [-0.15, -0.1) is 0 Å². The number of carbonyl (C=O) groups is 1. The Balaban J connectivity index is 2.32. The Hall–Kier alpha value is -2.08. The molecule has 0 amide bonds. The fraction of sp³-hybridized carbons (Fsp3) is 0.133. The predicted octanol–water partition coefficient (Wildman–Crippen LogP) is 3.51. The molecule has 4 nitrogen and oxygen atoms in total. The first-order valence-corrected chi connectivity index (χ1v) is 6.95. The Morgan fingerprint density at radius 3 is 2.71 bits per heavy atom. The van der Waals surface area contributed by atoms with Crippen LogP contribution in [0.1, 0.15) is 15.9 Å². The standard InChI is InChI=1S/C15H14BrFN2O2/c1-19(8-9-3-2-4-10(16)5-9)14-6-11(15(20)21)13(18)7-12(14)17/h2-7H,8,18H2,1H3,(H,20,21). The number of halogens is 2. The summed E-state index contributed by atoms with van der Waals surface area (Å²) in [4.78, 5) is 12.7. The van der Waals surface area contributed by atoms with Gasteiger partial charge in [-0.1, -0.05) is 28.1 Å². The zero-order valence-electron chi connectivity index (χ0n) is 11.3. The molecule has 0 spiro atoms. The number of rotatable bonds is 4. The molecule has 0 unspecified atom stereocenters. The molecule has 2 aromatic carbocycles. The number of hydrogen-bond acceptors (Lipinski definition) is 3. The van der Waals surface area contributed by atoms with Crippen molar-refractivity contribution in [1.29, 1.82) is 0 Å². The average molecular weight is 353 g/mol. The molecule has 0 bridgehead atoms. The number of nitrogen functional groups attached to an aromatic ring is 1. The molecule has 110 valence electrons. The number of anilines is 2. The van der Waals surface area contributed by atoms with Crippen LogP contribution >= 0.6 is 15.9 Å². The van der Waals surface area contributed by atoms with E-state index in [9.17, 15) is 9.18 Å². The van der Waals surface area contributed by atoms with Crippen LogP contribution in [0, 0.1) is 5.82 Å². The van der Waals surface area contributed by atoms with E-state index in [2.05, 4.69) is 15.9 Å². The van der Waals surface area contributed by atoms with E-state index in [4.69, 9.17) is 10.8 Å². The van der Waals surface area contributed by atoms with Gasteiger partial charge in [0.15, 0.2) is 0 Å². The Morgan fingerprint density at radius 1 is 1.38 bits per heavy atom. The first-order chi connectivity index (χ1) is 9.88. The van der Waals surface area contributed by atoms with Crippen molar-refractivity contribution in [3.63, 3.8) is 0 Å². The first-order valence-electron chi connectivity index (χ1n) is 6.16. The molecule has 0 heterocycles. The number of hydrogen-bond donors (Lipinski definition) is 2. The predicted molar refractivity (Wildman–Crippen MR) is 84.0 cm³/mol. The van der Waals surface area contributed by atoms with Gasteiger partial charge in [0, 0.05) is 23.8 Å². The van der Waals surface area contributed by atoms with Crippen LogP contribution in [-0.4, -0.2) is 18.1 Å². The fourth-order valence-electron chi connectivity index (χ4n) is 2.05. The lowest BCUT2D eigenvalue weighted by atomic mass is 10.1. The number of nitrogens with two attached hydrogens (primary N) is 1. The molecule has 6 heteroatoms. The van der Waals surface area contributed by atoms with Crippen LogP contribution < -0.4 is 10.6 Å². The first kappa shape index (κ1) is 15.3. The van der Waals surface area contributed by atoms with Crippen molar-refractivity contribution in [3.8, 4) is 0 Å². The summed E-state index contributed by atoms with van der Waals surface area (Å²) in [5, 5.41) is 9.06. The van der Waals surface area contributed by atoms with Crippen LogP contribution in [0.4, 0.5) is 15.8 Å². The summed E-state index contributed by atoms with van der Waals surface area (Å²) in [7, 11) is 1.70. The van der Waals surface area contributed by atoms with Crippen molar-refractivity contribution in [3.05, 3.63) is 57.8 Å². The highest BCUT2D eigenvalue weighted by Crippen LogP contribution is 2.26. The molecule has 0 aliphatic carbocycles. The van der Waals surface area contributed by atoms with Crippen LogP contribution in [0.2, 0.25) is 0 Å². The summed E-state index contributed by atoms with van der Waals surface area (Å²) >= 11 is 3.38. The van der Waals surface area contributed by atoms with Gasteiger partial charge in [0.05, 0.1) is 11.3 Å². The van der Waals surface area contributed by atoms with Crippen molar-refractivity contribution in [1.82, 2.24) is 0 Å². The van der Waals surface area contributed by atoms with Gasteiger partial charge in [0.2, 0.25) is 0 Å². The van der Waals surface area contributed by atoms with Gasteiger partial charge in [-0.2, -0.15) is 0 Å². The Labute approximate surface area is 130 Å². The van der Waals surface area contributed by atoms with Crippen LogP contribution in [0.15, 0.2) is 40.9 Å². The molecule has 0 radical (unpaired) electrons. The number of carboxylic acids is 1. The van der Waals surface area contributed by atoms with Crippen LogP contribution in [0.5, 0.6) is 0 Å². The van der Waals surface area contributed by atoms with Gasteiger partial charge in [0.25, 0.3) is 0 Å². The van der Waals surface area contributed by atoms with Crippen molar-refractivity contribution < 1.29 is 14.3 Å². The van der Waals surface area contributed by atoms with Crippen molar-refractivity contribution in [2.75, 3.05) is 17.7 Å². The Morgan fingerprint density at radius 2 is 2.10 bits per heavy atom. The van der Waals surface area contributed by atoms with Crippen molar-refractivity contribution >= 4 is 33.3 Å². The van der Waals surface area contributed by atoms with E-state index in [-0.39, 0.29) is 16.9 Å². The summed E-state index contributed by atoms with van der Waals surface area (Å²) in [6.07, 6.45) is 0.